The Bertz CT molecular complexity index is 235. The smallest absolute Gasteiger partial charge is 0.0525 e. The first-order valence-electron chi connectivity index (χ1n) is 3.00. The van der Waals surface area contributed by atoms with Crippen molar-refractivity contribution >= 4 is 18.3 Å². The Morgan fingerprint density at radius 2 is 2.20 bits per heavy atom. The SMILES string of the molecule is Cc1ccc(S)cc1NN. The van der Waals surface area contributed by atoms with Gasteiger partial charge in [0, 0.05) is 4.90 Å². The maximum absolute atomic E-state index is 5.24. The van der Waals surface area contributed by atoms with Crippen molar-refractivity contribution in [2.45, 2.75) is 11.8 Å². The topological polar surface area (TPSA) is 38.0 Å². The number of anilines is 1. The first kappa shape index (κ1) is 7.44. The van der Waals surface area contributed by atoms with Gasteiger partial charge in [0.15, 0.2) is 0 Å². The van der Waals surface area contributed by atoms with Gasteiger partial charge in [-0.15, -0.1) is 12.6 Å². The maximum Gasteiger partial charge on any atom is 0.0525 e. The molecule has 0 bridgehead atoms. The molecule has 1 aromatic carbocycles. The molecule has 10 heavy (non-hydrogen) atoms. The van der Waals surface area contributed by atoms with Gasteiger partial charge in [0.2, 0.25) is 0 Å². The predicted molar refractivity (Wildman–Crippen MR) is 46.2 cm³/mol. The van der Waals surface area contributed by atoms with Gasteiger partial charge in [-0.1, -0.05) is 6.07 Å². The molecule has 0 fully saturated rings. The van der Waals surface area contributed by atoms with Gasteiger partial charge in [-0.3, -0.25) is 5.84 Å². The molecule has 0 aliphatic rings. The number of hydrogen-bond acceptors (Lipinski definition) is 3. The number of nitrogens with two attached hydrogens (primary N) is 1. The van der Waals surface area contributed by atoms with Gasteiger partial charge in [0.05, 0.1) is 5.69 Å². The molecule has 2 nitrogen and oxygen atoms in total. The van der Waals surface area contributed by atoms with Crippen LogP contribution in [0.1, 0.15) is 5.56 Å². The van der Waals surface area contributed by atoms with Crippen LogP contribution in [0.5, 0.6) is 0 Å². The van der Waals surface area contributed by atoms with Gasteiger partial charge in [-0.25, -0.2) is 0 Å². The van der Waals surface area contributed by atoms with Crippen LogP contribution in [-0.4, -0.2) is 0 Å². The lowest BCUT2D eigenvalue weighted by molar-refractivity contribution is 1.28. The number of rotatable bonds is 1. The molecule has 3 heteroatoms. The summed E-state index contributed by atoms with van der Waals surface area (Å²) in [6, 6.07) is 5.79. The van der Waals surface area contributed by atoms with E-state index in [0.717, 1.165) is 16.1 Å². The Morgan fingerprint density at radius 3 is 2.70 bits per heavy atom. The average Bonchev–Trinajstić information content (AvgIpc) is 1.94. The molecule has 0 aromatic heterocycles. The van der Waals surface area contributed by atoms with Crippen molar-refractivity contribution in [3.05, 3.63) is 23.8 Å². The van der Waals surface area contributed by atoms with Crippen molar-refractivity contribution in [1.82, 2.24) is 0 Å². The zero-order valence-electron chi connectivity index (χ0n) is 5.76. The molecule has 1 rings (SSSR count). The van der Waals surface area contributed by atoms with E-state index < -0.39 is 0 Å². The summed E-state index contributed by atoms with van der Waals surface area (Å²) in [5.41, 5.74) is 4.64. The van der Waals surface area contributed by atoms with Crippen molar-refractivity contribution in [2.75, 3.05) is 5.43 Å². The molecule has 0 radical (unpaired) electrons. The molecule has 0 aliphatic heterocycles. The third kappa shape index (κ3) is 1.43. The van der Waals surface area contributed by atoms with E-state index in [1.54, 1.807) is 0 Å². The number of thiol groups is 1. The molecule has 0 amide bonds. The highest BCUT2D eigenvalue weighted by Gasteiger charge is 1.93. The number of nitrogens with one attached hydrogen (secondary N) is 1. The first-order valence-corrected chi connectivity index (χ1v) is 3.45. The monoisotopic (exact) mass is 154 g/mol. The van der Waals surface area contributed by atoms with Crippen LogP contribution in [0, 0.1) is 6.92 Å². The Kier molecular flexibility index (Phi) is 2.19. The summed E-state index contributed by atoms with van der Waals surface area (Å²) in [5.74, 6) is 5.24. The minimum Gasteiger partial charge on any atom is -0.324 e. The summed E-state index contributed by atoms with van der Waals surface area (Å²) in [7, 11) is 0. The largest absolute Gasteiger partial charge is 0.324 e. The summed E-state index contributed by atoms with van der Waals surface area (Å²) >= 11 is 4.16. The third-order valence-corrected chi connectivity index (χ3v) is 1.65. The van der Waals surface area contributed by atoms with Crippen LogP contribution in [0.3, 0.4) is 0 Å². The van der Waals surface area contributed by atoms with E-state index in [0.29, 0.717) is 0 Å². The minimum atomic E-state index is 0.915. The summed E-state index contributed by atoms with van der Waals surface area (Å²) in [5, 5.41) is 0. The molecule has 0 spiro atoms. The number of benzene rings is 1. The Labute approximate surface area is 65.8 Å². The molecule has 0 unspecified atom stereocenters. The van der Waals surface area contributed by atoms with E-state index in [1.165, 1.54) is 0 Å². The molecule has 0 heterocycles. The molecule has 0 saturated heterocycles. The van der Waals surface area contributed by atoms with Crippen molar-refractivity contribution < 1.29 is 0 Å². The van der Waals surface area contributed by atoms with E-state index in [9.17, 15) is 0 Å². The summed E-state index contributed by atoms with van der Waals surface area (Å²) < 4.78 is 0. The van der Waals surface area contributed by atoms with Crippen LogP contribution >= 0.6 is 12.6 Å². The number of aryl methyl sites for hydroxylation is 1. The Morgan fingerprint density at radius 1 is 1.50 bits per heavy atom. The second-order valence-corrected chi connectivity index (χ2v) is 2.66. The highest BCUT2D eigenvalue weighted by atomic mass is 32.1. The normalized spacial score (nSPS) is 9.50. The van der Waals surface area contributed by atoms with Gasteiger partial charge in [-0.2, -0.15) is 0 Å². The number of hydrogen-bond donors (Lipinski definition) is 3. The van der Waals surface area contributed by atoms with Crippen molar-refractivity contribution in [2.24, 2.45) is 5.84 Å². The molecular formula is C7H10N2S. The Balaban J connectivity index is 3.09. The van der Waals surface area contributed by atoms with E-state index >= 15 is 0 Å². The second-order valence-electron chi connectivity index (χ2n) is 2.14. The van der Waals surface area contributed by atoms with E-state index in [-0.39, 0.29) is 0 Å². The minimum absolute atomic E-state index is 0.915. The molecule has 0 saturated carbocycles. The third-order valence-electron chi connectivity index (χ3n) is 1.38. The summed E-state index contributed by atoms with van der Waals surface area (Å²) in [6.45, 7) is 1.99. The molecule has 1 aromatic rings. The van der Waals surface area contributed by atoms with Crippen LogP contribution in [0.2, 0.25) is 0 Å². The number of nitrogen functional groups attached to an aromatic ring is 1. The van der Waals surface area contributed by atoms with Gasteiger partial charge in [0.25, 0.3) is 0 Å². The molecular weight excluding hydrogens is 144 g/mol. The van der Waals surface area contributed by atoms with Crippen molar-refractivity contribution in [3.63, 3.8) is 0 Å². The molecule has 0 aliphatic carbocycles. The molecule has 3 N–H and O–H groups in total. The van der Waals surface area contributed by atoms with E-state index in [1.807, 2.05) is 25.1 Å². The summed E-state index contributed by atoms with van der Waals surface area (Å²) in [4.78, 5) is 0.915. The fourth-order valence-corrected chi connectivity index (χ4v) is 0.969. The standard InChI is InChI=1S/C7H10N2S/c1-5-2-3-6(10)4-7(5)9-8/h2-4,9-10H,8H2,1H3. The van der Waals surface area contributed by atoms with Crippen molar-refractivity contribution in [3.8, 4) is 0 Å². The van der Waals surface area contributed by atoms with Gasteiger partial charge < -0.3 is 5.43 Å². The van der Waals surface area contributed by atoms with Crippen LogP contribution in [-0.2, 0) is 0 Å². The Hall–Kier alpha value is -0.670. The maximum atomic E-state index is 5.24. The first-order chi connectivity index (χ1) is 4.74. The van der Waals surface area contributed by atoms with Crippen LogP contribution in [0.15, 0.2) is 23.1 Å². The lowest BCUT2D eigenvalue weighted by atomic mass is 10.2. The lowest BCUT2D eigenvalue weighted by Gasteiger charge is -2.03. The number of hydrazine groups is 1. The zero-order valence-corrected chi connectivity index (χ0v) is 6.65. The van der Waals surface area contributed by atoms with Gasteiger partial charge in [-0.05, 0) is 24.6 Å². The lowest BCUT2D eigenvalue weighted by Crippen LogP contribution is -2.07. The van der Waals surface area contributed by atoms with Crippen LogP contribution in [0.25, 0.3) is 0 Å². The van der Waals surface area contributed by atoms with E-state index in [4.69, 9.17) is 5.84 Å². The van der Waals surface area contributed by atoms with Crippen LogP contribution < -0.4 is 11.3 Å². The zero-order chi connectivity index (χ0) is 7.56. The quantitative estimate of drug-likeness (QED) is 0.326. The van der Waals surface area contributed by atoms with Gasteiger partial charge in [0.1, 0.15) is 0 Å². The van der Waals surface area contributed by atoms with Gasteiger partial charge >= 0.3 is 0 Å². The molecule has 54 valence electrons. The van der Waals surface area contributed by atoms with Crippen LogP contribution in [0.4, 0.5) is 5.69 Å². The predicted octanol–water partition coefficient (Wildman–Crippen LogP) is 1.57. The average molecular weight is 154 g/mol. The van der Waals surface area contributed by atoms with E-state index in [2.05, 4.69) is 18.1 Å². The second kappa shape index (κ2) is 2.94. The van der Waals surface area contributed by atoms with Crippen molar-refractivity contribution in [1.29, 1.82) is 0 Å². The highest BCUT2D eigenvalue weighted by Crippen LogP contribution is 2.17. The highest BCUT2D eigenvalue weighted by molar-refractivity contribution is 7.80. The summed E-state index contributed by atoms with van der Waals surface area (Å²) in [6.07, 6.45) is 0. The molecule has 0 atom stereocenters. The fraction of sp³-hybridized carbons (Fsp3) is 0.143. The fourth-order valence-electron chi connectivity index (χ4n) is 0.765.